The van der Waals surface area contributed by atoms with Gasteiger partial charge < -0.3 is 5.73 Å². The summed E-state index contributed by atoms with van der Waals surface area (Å²) in [5.74, 6) is -0.459. The zero-order valence-corrected chi connectivity index (χ0v) is 12.7. The van der Waals surface area contributed by atoms with E-state index in [4.69, 9.17) is 5.73 Å². The van der Waals surface area contributed by atoms with E-state index in [1.54, 1.807) is 18.2 Å². The molecule has 2 aromatic carbocycles. The summed E-state index contributed by atoms with van der Waals surface area (Å²) in [4.78, 5) is -0.0305. The molecule has 0 heterocycles. The first-order valence-electron chi connectivity index (χ1n) is 5.68. The smallest absolute Gasteiger partial charge is 0.242 e. The molecule has 20 heavy (non-hydrogen) atoms. The van der Waals surface area contributed by atoms with Crippen LogP contribution in [0.3, 0.4) is 0 Å². The molecular weight excluding hydrogens is 347 g/mol. The van der Waals surface area contributed by atoms with E-state index in [1.165, 1.54) is 24.3 Å². The maximum absolute atomic E-state index is 13.4. The van der Waals surface area contributed by atoms with Crippen LogP contribution < -0.4 is 10.5 Å². The summed E-state index contributed by atoms with van der Waals surface area (Å²) in [5.41, 5.74) is 6.08. The van der Waals surface area contributed by atoms with Gasteiger partial charge in [-0.3, -0.25) is 0 Å². The lowest BCUT2D eigenvalue weighted by molar-refractivity contribution is 0.574. The average molecular weight is 359 g/mol. The monoisotopic (exact) mass is 358 g/mol. The lowest BCUT2D eigenvalue weighted by Crippen LogP contribution is -2.24. The van der Waals surface area contributed by atoms with Crippen LogP contribution >= 0.6 is 15.9 Å². The van der Waals surface area contributed by atoms with Crippen LogP contribution in [0.25, 0.3) is 0 Å². The van der Waals surface area contributed by atoms with Crippen LogP contribution in [-0.2, 0) is 16.6 Å². The van der Waals surface area contributed by atoms with Crippen molar-refractivity contribution in [2.24, 2.45) is 0 Å². The summed E-state index contributed by atoms with van der Waals surface area (Å²) in [5, 5.41) is 0. The number of nitrogen functional groups attached to an aromatic ring is 1. The number of rotatable bonds is 4. The van der Waals surface area contributed by atoms with E-state index in [9.17, 15) is 12.8 Å². The van der Waals surface area contributed by atoms with Crippen molar-refractivity contribution >= 4 is 31.6 Å². The van der Waals surface area contributed by atoms with Crippen LogP contribution in [0.2, 0.25) is 0 Å². The predicted molar refractivity (Wildman–Crippen MR) is 79.0 cm³/mol. The fourth-order valence-corrected chi connectivity index (χ4v) is 3.15. The van der Waals surface area contributed by atoms with Crippen molar-refractivity contribution in [3.8, 4) is 0 Å². The first-order valence-corrected chi connectivity index (χ1v) is 7.96. The Kier molecular flexibility index (Phi) is 4.42. The van der Waals surface area contributed by atoms with Gasteiger partial charge in [-0.25, -0.2) is 17.5 Å². The average Bonchev–Trinajstić information content (AvgIpc) is 2.37. The fourth-order valence-electron chi connectivity index (χ4n) is 1.66. The minimum atomic E-state index is -3.79. The van der Waals surface area contributed by atoms with Gasteiger partial charge in [-0.15, -0.1) is 0 Å². The molecule has 0 fully saturated rings. The standard InChI is InChI=1S/C13H12BrFN2O2S/c14-10-5-6-13(12(16)7-10)20(18,19)17-8-9-3-1-2-4-11(9)15/h1-7,17H,8,16H2. The van der Waals surface area contributed by atoms with Crippen LogP contribution in [0.5, 0.6) is 0 Å². The van der Waals surface area contributed by atoms with Gasteiger partial charge in [0.05, 0.1) is 5.69 Å². The Hall–Kier alpha value is -1.44. The van der Waals surface area contributed by atoms with E-state index in [0.29, 0.717) is 4.47 Å². The molecule has 7 heteroatoms. The highest BCUT2D eigenvalue weighted by atomic mass is 79.9. The third-order valence-corrected chi connectivity index (χ3v) is 4.64. The van der Waals surface area contributed by atoms with Crippen molar-refractivity contribution in [1.29, 1.82) is 0 Å². The second-order valence-corrected chi connectivity index (χ2v) is 6.75. The summed E-state index contributed by atoms with van der Waals surface area (Å²) in [7, 11) is -3.79. The molecule has 106 valence electrons. The van der Waals surface area contributed by atoms with Gasteiger partial charge in [-0.05, 0) is 24.3 Å². The summed E-state index contributed by atoms with van der Waals surface area (Å²) < 4.78 is 40.7. The van der Waals surface area contributed by atoms with E-state index in [-0.39, 0.29) is 22.7 Å². The SMILES string of the molecule is Nc1cc(Br)ccc1S(=O)(=O)NCc1ccccc1F. The second-order valence-electron chi connectivity index (χ2n) is 4.10. The predicted octanol–water partition coefficient (Wildman–Crippen LogP) is 2.65. The summed E-state index contributed by atoms with van der Waals surface area (Å²) in [6, 6.07) is 10.4. The summed E-state index contributed by atoms with van der Waals surface area (Å²) in [6.45, 7) is -0.134. The number of anilines is 1. The fraction of sp³-hybridized carbons (Fsp3) is 0.0769. The van der Waals surface area contributed by atoms with Crippen LogP contribution in [0, 0.1) is 5.82 Å². The van der Waals surface area contributed by atoms with Crippen molar-refractivity contribution in [1.82, 2.24) is 4.72 Å². The van der Waals surface area contributed by atoms with Gasteiger partial charge in [-0.1, -0.05) is 34.1 Å². The topological polar surface area (TPSA) is 72.2 Å². The number of nitrogens with one attached hydrogen (secondary N) is 1. The maximum Gasteiger partial charge on any atom is 0.242 e. The van der Waals surface area contributed by atoms with Gasteiger partial charge >= 0.3 is 0 Å². The van der Waals surface area contributed by atoms with Crippen LogP contribution in [0.15, 0.2) is 51.8 Å². The highest BCUT2D eigenvalue weighted by Gasteiger charge is 2.17. The Morgan fingerprint density at radius 2 is 1.90 bits per heavy atom. The van der Waals surface area contributed by atoms with Gasteiger partial charge in [0.25, 0.3) is 0 Å². The molecule has 0 spiro atoms. The number of halogens is 2. The van der Waals surface area contributed by atoms with Crippen molar-refractivity contribution in [3.63, 3.8) is 0 Å². The molecule has 0 aliphatic rings. The molecular formula is C13H12BrFN2O2S. The number of benzene rings is 2. The normalized spacial score (nSPS) is 11.5. The van der Waals surface area contributed by atoms with E-state index < -0.39 is 15.8 Å². The molecule has 0 bridgehead atoms. The minimum Gasteiger partial charge on any atom is -0.398 e. The molecule has 0 aliphatic heterocycles. The van der Waals surface area contributed by atoms with Gasteiger partial charge in [0, 0.05) is 16.6 Å². The van der Waals surface area contributed by atoms with E-state index in [0.717, 1.165) is 0 Å². The maximum atomic E-state index is 13.4. The molecule has 0 aromatic heterocycles. The number of nitrogens with two attached hydrogens (primary N) is 1. The molecule has 0 unspecified atom stereocenters. The molecule has 0 saturated carbocycles. The molecule has 0 atom stereocenters. The molecule has 2 aromatic rings. The molecule has 4 nitrogen and oxygen atoms in total. The van der Waals surface area contributed by atoms with Gasteiger partial charge in [0.2, 0.25) is 10.0 Å². The number of hydrogen-bond acceptors (Lipinski definition) is 3. The van der Waals surface area contributed by atoms with Crippen molar-refractivity contribution in [2.45, 2.75) is 11.4 Å². The lowest BCUT2D eigenvalue weighted by atomic mass is 10.2. The Bertz CT molecular complexity index is 735. The zero-order chi connectivity index (χ0) is 14.8. The molecule has 0 amide bonds. The van der Waals surface area contributed by atoms with Crippen LogP contribution in [0.4, 0.5) is 10.1 Å². The van der Waals surface area contributed by atoms with Gasteiger partial charge in [0.15, 0.2) is 0 Å². The summed E-state index contributed by atoms with van der Waals surface area (Å²) in [6.07, 6.45) is 0. The number of hydrogen-bond donors (Lipinski definition) is 2. The first-order chi connectivity index (χ1) is 9.40. The molecule has 2 rings (SSSR count). The van der Waals surface area contributed by atoms with Gasteiger partial charge in [-0.2, -0.15) is 0 Å². The Labute approximate surface area is 125 Å². The third kappa shape index (κ3) is 3.36. The molecule has 0 aliphatic carbocycles. The van der Waals surface area contributed by atoms with Gasteiger partial charge in [0.1, 0.15) is 10.7 Å². The summed E-state index contributed by atoms with van der Waals surface area (Å²) >= 11 is 3.20. The molecule has 0 radical (unpaired) electrons. The van der Waals surface area contributed by atoms with Crippen LogP contribution in [-0.4, -0.2) is 8.42 Å². The van der Waals surface area contributed by atoms with Crippen molar-refractivity contribution < 1.29 is 12.8 Å². The largest absolute Gasteiger partial charge is 0.398 e. The Morgan fingerprint density at radius 3 is 2.55 bits per heavy atom. The number of sulfonamides is 1. The lowest BCUT2D eigenvalue weighted by Gasteiger charge is -2.10. The second kappa shape index (κ2) is 5.90. The van der Waals surface area contributed by atoms with E-state index in [1.807, 2.05) is 0 Å². The Morgan fingerprint density at radius 1 is 1.20 bits per heavy atom. The van der Waals surface area contributed by atoms with Crippen molar-refractivity contribution in [2.75, 3.05) is 5.73 Å². The highest BCUT2D eigenvalue weighted by Crippen LogP contribution is 2.22. The van der Waals surface area contributed by atoms with Crippen molar-refractivity contribution in [3.05, 3.63) is 58.3 Å². The van der Waals surface area contributed by atoms with E-state index >= 15 is 0 Å². The minimum absolute atomic E-state index is 0.0305. The van der Waals surface area contributed by atoms with Crippen LogP contribution in [0.1, 0.15) is 5.56 Å². The molecule has 0 saturated heterocycles. The Balaban J connectivity index is 2.22. The van der Waals surface area contributed by atoms with E-state index in [2.05, 4.69) is 20.7 Å². The molecule has 3 N–H and O–H groups in total. The first kappa shape index (κ1) is 15.0. The zero-order valence-electron chi connectivity index (χ0n) is 10.3. The highest BCUT2D eigenvalue weighted by molar-refractivity contribution is 9.10. The third-order valence-electron chi connectivity index (χ3n) is 2.67. The quantitative estimate of drug-likeness (QED) is 0.825.